The van der Waals surface area contributed by atoms with Gasteiger partial charge in [0.1, 0.15) is 5.82 Å². The van der Waals surface area contributed by atoms with Gasteiger partial charge in [0.15, 0.2) is 17.4 Å². The molecule has 1 amide bonds. The molecule has 5 nitrogen and oxygen atoms in total. The van der Waals surface area contributed by atoms with Crippen LogP contribution in [0.15, 0.2) is 10.5 Å². The van der Waals surface area contributed by atoms with Crippen molar-refractivity contribution in [2.45, 2.75) is 18.9 Å². The van der Waals surface area contributed by atoms with Crippen LogP contribution in [0.5, 0.6) is 0 Å². The van der Waals surface area contributed by atoms with E-state index >= 15 is 0 Å². The second-order valence-corrected chi connectivity index (χ2v) is 5.88. The molecular formula is C14H13BrF3NO4. The van der Waals surface area contributed by atoms with Crippen molar-refractivity contribution in [1.29, 1.82) is 0 Å². The van der Waals surface area contributed by atoms with Crippen molar-refractivity contribution in [3.8, 4) is 0 Å². The Morgan fingerprint density at radius 2 is 2.04 bits per heavy atom. The first kappa shape index (κ1) is 17.7. The molecule has 23 heavy (non-hydrogen) atoms. The summed E-state index contributed by atoms with van der Waals surface area (Å²) in [5.41, 5.74) is -0.934. The Labute approximate surface area is 138 Å². The van der Waals surface area contributed by atoms with E-state index in [0.29, 0.717) is 6.07 Å². The van der Waals surface area contributed by atoms with Gasteiger partial charge in [-0.15, -0.1) is 0 Å². The fraction of sp³-hybridized carbons (Fsp3) is 0.429. The lowest BCUT2D eigenvalue weighted by Crippen LogP contribution is -2.45. The van der Waals surface area contributed by atoms with Gasteiger partial charge in [-0.05, 0) is 28.4 Å². The Balaban J connectivity index is 2.03. The van der Waals surface area contributed by atoms with Gasteiger partial charge in [-0.2, -0.15) is 0 Å². The summed E-state index contributed by atoms with van der Waals surface area (Å²) < 4.78 is 45.8. The zero-order valence-corrected chi connectivity index (χ0v) is 13.4. The molecule has 1 saturated heterocycles. The van der Waals surface area contributed by atoms with Gasteiger partial charge in [-0.1, -0.05) is 0 Å². The van der Waals surface area contributed by atoms with Gasteiger partial charge in [0.05, 0.1) is 29.3 Å². The SMILES string of the molecule is O=C(CCC1CN(C(=O)O)CCO1)c1c(F)cc(Br)c(F)c1F. The summed E-state index contributed by atoms with van der Waals surface area (Å²) in [5.74, 6) is -4.93. The molecule has 1 aliphatic rings. The average Bonchev–Trinajstić information content (AvgIpc) is 2.51. The Hall–Kier alpha value is -1.61. The zero-order chi connectivity index (χ0) is 17.1. The Morgan fingerprint density at radius 3 is 2.70 bits per heavy atom. The van der Waals surface area contributed by atoms with Gasteiger partial charge in [-0.3, -0.25) is 4.79 Å². The molecule has 1 N–H and O–H groups in total. The van der Waals surface area contributed by atoms with Crippen LogP contribution >= 0.6 is 15.9 Å². The molecule has 9 heteroatoms. The fourth-order valence-electron chi connectivity index (χ4n) is 2.31. The number of morpholine rings is 1. The smallest absolute Gasteiger partial charge is 0.407 e. The van der Waals surface area contributed by atoms with Crippen LogP contribution < -0.4 is 0 Å². The van der Waals surface area contributed by atoms with Gasteiger partial charge in [0, 0.05) is 13.0 Å². The molecule has 1 atom stereocenters. The Morgan fingerprint density at radius 1 is 1.35 bits per heavy atom. The molecule has 1 aromatic rings. The third kappa shape index (κ3) is 4.03. The van der Waals surface area contributed by atoms with Gasteiger partial charge in [0.2, 0.25) is 0 Å². The summed E-state index contributed by atoms with van der Waals surface area (Å²) in [7, 11) is 0. The topological polar surface area (TPSA) is 66.8 Å². The van der Waals surface area contributed by atoms with Gasteiger partial charge in [-0.25, -0.2) is 18.0 Å². The molecule has 1 fully saturated rings. The highest BCUT2D eigenvalue weighted by Crippen LogP contribution is 2.25. The van der Waals surface area contributed by atoms with Crippen LogP contribution in [0, 0.1) is 17.5 Å². The van der Waals surface area contributed by atoms with E-state index in [4.69, 9.17) is 9.84 Å². The second kappa shape index (κ2) is 7.31. The van der Waals surface area contributed by atoms with Crippen molar-refractivity contribution in [3.63, 3.8) is 0 Å². The van der Waals surface area contributed by atoms with E-state index in [1.807, 2.05) is 0 Å². The maximum absolute atomic E-state index is 13.7. The first-order valence-corrected chi connectivity index (χ1v) is 7.56. The first-order valence-electron chi connectivity index (χ1n) is 6.77. The van der Waals surface area contributed by atoms with Crippen LogP contribution in [0.25, 0.3) is 0 Å². The van der Waals surface area contributed by atoms with Gasteiger partial charge >= 0.3 is 6.09 Å². The van der Waals surface area contributed by atoms with Crippen LogP contribution in [0.2, 0.25) is 0 Å². The lowest BCUT2D eigenvalue weighted by atomic mass is 10.0. The quantitative estimate of drug-likeness (QED) is 0.482. The van der Waals surface area contributed by atoms with E-state index < -0.39 is 45.5 Å². The highest BCUT2D eigenvalue weighted by molar-refractivity contribution is 9.10. The summed E-state index contributed by atoms with van der Waals surface area (Å²) >= 11 is 2.65. The van der Waals surface area contributed by atoms with Gasteiger partial charge < -0.3 is 14.7 Å². The number of Topliss-reactive ketones (excluding diaryl/α,β-unsaturated/α-hetero) is 1. The molecule has 0 radical (unpaired) electrons. The van der Waals surface area contributed by atoms with Crippen LogP contribution in [-0.2, 0) is 4.74 Å². The van der Waals surface area contributed by atoms with Crippen molar-refractivity contribution in [2.24, 2.45) is 0 Å². The van der Waals surface area contributed by atoms with Crippen LogP contribution in [0.4, 0.5) is 18.0 Å². The number of carbonyl (C=O) groups is 2. The molecule has 1 unspecified atom stereocenters. The van der Waals surface area contributed by atoms with Crippen molar-refractivity contribution < 1.29 is 32.6 Å². The van der Waals surface area contributed by atoms with Crippen molar-refractivity contribution >= 4 is 27.8 Å². The molecule has 1 heterocycles. The highest BCUT2D eigenvalue weighted by atomic mass is 79.9. The number of amides is 1. The summed E-state index contributed by atoms with van der Waals surface area (Å²) in [6, 6.07) is 0.689. The van der Waals surface area contributed by atoms with E-state index in [0.717, 1.165) is 4.90 Å². The van der Waals surface area contributed by atoms with Crippen LogP contribution in [-0.4, -0.2) is 47.7 Å². The predicted molar refractivity (Wildman–Crippen MR) is 76.9 cm³/mol. The second-order valence-electron chi connectivity index (χ2n) is 5.03. The molecule has 2 rings (SSSR count). The van der Waals surface area contributed by atoms with Crippen LogP contribution in [0.3, 0.4) is 0 Å². The summed E-state index contributed by atoms with van der Waals surface area (Å²) in [5, 5.41) is 8.90. The highest BCUT2D eigenvalue weighted by Gasteiger charge is 2.27. The molecule has 126 valence electrons. The monoisotopic (exact) mass is 395 g/mol. The molecule has 1 aromatic carbocycles. The largest absolute Gasteiger partial charge is 0.465 e. The number of hydrogen-bond acceptors (Lipinski definition) is 3. The number of ether oxygens (including phenoxy) is 1. The molecular weight excluding hydrogens is 383 g/mol. The molecule has 1 aliphatic heterocycles. The Bertz CT molecular complexity index is 641. The lowest BCUT2D eigenvalue weighted by molar-refractivity contribution is -0.0253. The standard InChI is InChI=1S/C14H13BrF3NO4/c15-8-5-9(16)11(13(18)12(8)17)10(20)2-1-7-6-19(14(21)22)3-4-23-7/h5,7H,1-4,6H2,(H,21,22). The zero-order valence-electron chi connectivity index (χ0n) is 11.8. The van der Waals surface area contributed by atoms with Crippen molar-refractivity contribution in [2.75, 3.05) is 19.7 Å². The van der Waals surface area contributed by atoms with Crippen molar-refractivity contribution in [3.05, 3.63) is 33.6 Å². The number of halogens is 4. The minimum Gasteiger partial charge on any atom is -0.465 e. The molecule has 0 bridgehead atoms. The fourth-order valence-corrected chi connectivity index (χ4v) is 2.68. The summed E-state index contributed by atoms with van der Waals surface area (Å²) in [4.78, 5) is 24.0. The average molecular weight is 396 g/mol. The van der Waals surface area contributed by atoms with Crippen molar-refractivity contribution in [1.82, 2.24) is 4.90 Å². The number of ketones is 1. The van der Waals surface area contributed by atoms with E-state index in [1.54, 1.807) is 0 Å². The van der Waals surface area contributed by atoms with E-state index in [9.17, 15) is 22.8 Å². The maximum Gasteiger partial charge on any atom is 0.407 e. The predicted octanol–water partition coefficient (Wildman–Crippen LogP) is 3.21. The normalized spacial score (nSPS) is 18.1. The van der Waals surface area contributed by atoms with E-state index in [-0.39, 0.29) is 32.5 Å². The number of hydrogen-bond donors (Lipinski definition) is 1. The third-order valence-corrected chi connectivity index (χ3v) is 4.07. The minimum absolute atomic E-state index is 0.0717. The summed E-state index contributed by atoms with van der Waals surface area (Å²) in [6.07, 6.45) is -1.85. The number of rotatable bonds is 4. The minimum atomic E-state index is -1.54. The third-order valence-electron chi connectivity index (χ3n) is 3.50. The number of carboxylic acid groups (broad SMARTS) is 1. The van der Waals surface area contributed by atoms with Gasteiger partial charge in [0.25, 0.3) is 0 Å². The first-order chi connectivity index (χ1) is 10.8. The summed E-state index contributed by atoms with van der Waals surface area (Å²) in [6.45, 7) is 0.476. The number of benzene rings is 1. The lowest BCUT2D eigenvalue weighted by Gasteiger charge is -2.30. The number of carbonyl (C=O) groups excluding carboxylic acids is 1. The van der Waals surface area contributed by atoms with E-state index in [1.165, 1.54) is 0 Å². The molecule has 0 spiro atoms. The molecule has 0 aromatic heterocycles. The Kier molecular flexibility index (Phi) is 5.64. The van der Waals surface area contributed by atoms with Crippen LogP contribution in [0.1, 0.15) is 23.2 Å². The van der Waals surface area contributed by atoms with E-state index in [2.05, 4.69) is 15.9 Å². The number of nitrogens with zero attached hydrogens (tertiary/aromatic N) is 1. The maximum atomic E-state index is 13.7. The molecule has 0 aliphatic carbocycles. The molecule has 0 saturated carbocycles.